The largest absolute Gasteiger partial charge is 0.330 e. The van der Waals surface area contributed by atoms with Gasteiger partial charge in [0.2, 0.25) is 5.91 Å². The minimum Gasteiger partial charge on any atom is -0.330 e. The predicted octanol–water partition coefficient (Wildman–Crippen LogP) is 0.841. The van der Waals surface area contributed by atoms with Gasteiger partial charge < -0.3 is 10.6 Å². The Balaban J connectivity index is 4.35. The van der Waals surface area contributed by atoms with Crippen molar-refractivity contribution in [1.82, 2.24) is 4.90 Å². The smallest absolute Gasteiger partial charge is 0.240 e. The van der Waals surface area contributed by atoms with Crippen molar-refractivity contribution in [3.63, 3.8) is 0 Å². The van der Waals surface area contributed by atoms with E-state index in [0.29, 0.717) is 13.1 Å². The van der Waals surface area contributed by atoms with E-state index in [1.54, 1.807) is 4.90 Å². The molecular formula is C11H20N2O. The molecule has 0 unspecified atom stereocenters. The molecule has 0 aromatic rings. The first-order chi connectivity index (χ1) is 6.58. The average molecular weight is 196 g/mol. The molecule has 0 saturated carbocycles. The van der Waals surface area contributed by atoms with Crippen LogP contribution in [0.4, 0.5) is 0 Å². The predicted molar refractivity (Wildman–Crippen MR) is 58.5 cm³/mol. The lowest BCUT2D eigenvalue weighted by atomic mass is 9.99. The molecule has 0 aromatic heterocycles. The summed E-state index contributed by atoms with van der Waals surface area (Å²) in [6.45, 7) is 6.87. The fraction of sp³-hybridized carbons (Fsp3) is 0.727. The standard InChI is InChI=1S/C11H20N2O/c1-5-8-13(7-3)11(14)10(12)9(4)6-2/h1,9-10H,6-8,12H2,2-4H3/t9-,10-/m0/s1. The number of hydrogen-bond acceptors (Lipinski definition) is 2. The molecule has 0 aliphatic rings. The van der Waals surface area contributed by atoms with Crippen LogP contribution >= 0.6 is 0 Å². The van der Waals surface area contributed by atoms with E-state index in [1.165, 1.54) is 0 Å². The van der Waals surface area contributed by atoms with Gasteiger partial charge in [0, 0.05) is 6.54 Å². The van der Waals surface area contributed by atoms with Gasteiger partial charge in [0.15, 0.2) is 0 Å². The normalized spacial score (nSPS) is 14.2. The number of terminal acetylenes is 1. The molecule has 0 aromatic carbocycles. The first-order valence-corrected chi connectivity index (χ1v) is 5.06. The molecule has 0 fully saturated rings. The lowest BCUT2D eigenvalue weighted by molar-refractivity contribution is -0.132. The van der Waals surface area contributed by atoms with Crippen molar-refractivity contribution < 1.29 is 4.79 Å². The molecule has 0 bridgehead atoms. The first kappa shape index (κ1) is 13.0. The Morgan fingerprint density at radius 1 is 1.57 bits per heavy atom. The molecule has 3 nitrogen and oxygen atoms in total. The number of rotatable bonds is 5. The quantitative estimate of drug-likeness (QED) is 0.662. The van der Waals surface area contributed by atoms with Crippen LogP contribution < -0.4 is 5.73 Å². The number of likely N-dealkylation sites (N-methyl/N-ethyl adjacent to an activating group) is 1. The Hall–Kier alpha value is -1.01. The summed E-state index contributed by atoms with van der Waals surface area (Å²) in [4.78, 5) is 13.4. The van der Waals surface area contributed by atoms with E-state index in [-0.39, 0.29) is 11.8 Å². The van der Waals surface area contributed by atoms with E-state index in [0.717, 1.165) is 6.42 Å². The van der Waals surface area contributed by atoms with E-state index >= 15 is 0 Å². The van der Waals surface area contributed by atoms with Gasteiger partial charge in [-0.2, -0.15) is 0 Å². The Bertz CT molecular complexity index is 220. The Kier molecular flexibility index (Phi) is 5.98. The summed E-state index contributed by atoms with van der Waals surface area (Å²) >= 11 is 0. The van der Waals surface area contributed by atoms with Crippen LogP contribution in [0.25, 0.3) is 0 Å². The zero-order chi connectivity index (χ0) is 11.1. The molecule has 14 heavy (non-hydrogen) atoms. The van der Waals surface area contributed by atoms with Crippen molar-refractivity contribution in [2.75, 3.05) is 13.1 Å². The lowest BCUT2D eigenvalue weighted by Gasteiger charge is -2.25. The third-order valence-electron chi connectivity index (χ3n) is 2.52. The maximum Gasteiger partial charge on any atom is 0.240 e. The van der Waals surface area contributed by atoms with Gasteiger partial charge in [0.25, 0.3) is 0 Å². The van der Waals surface area contributed by atoms with Crippen LogP contribution in [0.15, 0.2) is 0 Å². The van der Waals surface area contributed by atoms with Crippen molar-refractivity contribution in [2.24, 2.45) is 11.7 Å². The van der Waals surface area contributed by atoms with Gasteiger partial charge in [-0.05, 0) is 12.8 Å². The summed E-state index contributed by atoms with van der Waals surface area (Å²) in [5.74, 6) is 2.62. The number of nitrogens with two attached hydrogens (primary N) is 1. The van der Waals surface area contributed by atoms with E-state index in [1.807, 2.05) is 20.8 Å². The van der Waals surface area contributed by atoms with Crippen LogP contribution in [0.3, 0.4) is 0 Å². The molecule has 2 N–H and O–H groups in total. The molecule has 1 amide bonds. The Morgan fingerprint density at radius 3 is 2.50 bits per heavy atom. The van der Waals surface area contributed by atoms with Crippen LogP contribution in [-0.4, -0.2) is 29.9 Å². The lowest BCUT2D eigenvalue weighted by Crippen LogP contribution is -2.47. The zero-order valence-electron chi connectivity index (χ0n) is 9.29. The highest BCUT2D eigenvalue weighted by atomic mass is 16.2. The van der Waals surface area contributed by atoms with Gasteiger partial charge in [-0.1, -0.05) is 26.2 Å². The number of hydrogen-bond donors (Lipinski definition) is 1. The highest BCUT2D eigenvalue weighted by molar-refractivity contribution is 5.82. The first-order valence-electron chi connectivity index (χ1n) is 5.06. The van der Waals surface area contributed by atoms with Crippen LogP contribution in [0, 0.1) is 18.3 Å². The highest BCUT2D eigenvalue weighted by Crippen LogP contribution is 2.08. The summed E-state index contributed by atoms with van der Waals surface area (Å²) in [5.41, 5.74) is 5.82. The molecule has 0 rings (SSSR count). The number of carbonyl (C=O) groups is 1. The maximum absolute atomic E-state index is 11.8. The average Bonchev–Trinajstić information content (AvgIpc) is 2.22. The molecule has 0 saturated heterocycles. The van der Waals surface area contributed by atoms with E-state index in [4.69, 9.17) is 12.2 Å². The number of amides is 1. The molecule has 0 heterocycles. The van der Waals surface area contributed by atoms with Crippen LogP contribution in [0.1, 0.15) is 27.2 Å². The van der Waals surface area contributed by atoms with Crippen LogP contribution in [0.2, 0.25) is 0 Å². The van der Waals surface area contributed by atoms with Crippen LogP contribution in [0.5, 0.6) is 0 Å². The summed E-state index contributed by atoms with van der Waals surface area (Å²) in [7, 11) is 0. The van der Waals surface area contributed by atoms with Gasteiger partial charge in [-0.3, -0.25) is 4.79 Å². The zero-order valence-corrected chi connectivity index (χ0v) is 9.29. The minimum atomic E-state index is -0.423. The summed E-state index contributed by atoms with van der Waals surface area (Å²) in [5, 5.41) is 0. The summed E-state index contributed by atoms with van der Waals surface area (Å²) in [6, 6.07) is -0.423. The molecule has 0 radical (unpaired) electrons. The summed E-state index contributed by atoms with van der Waals surface area (Å²) in [6.07, 6.45) is 6.07. The van der Waals surface area contributed by atoms with Crippen LogP contribution in [-0.2, 0) is 4.79 Å². The molecular weight excluding hydrogens is 176 g/mol. The van der Waals surface area contributed by atoms with Crippen molar-refractivity contribution in [3.05, 3.63) is 0 Å². The van der Waals surface area contributed by atoms with Gasteiger partial charge in [0.1, 0.15) is 0 Å². The van der Waals surface area contributed by atoms with Gasteiger partial charge in [-0.15, -0.1) is 6.42 Å². The third kappa shape index (κ3) is 3.39. The van der Waals surface area contributed by atoms with E-state index in [9.17, 15) is 4.79 Å². The SMILES string of the molecule is C#CCN(CC)C(=O)[C@@H](N)[C@@H](C)CC. The molecule has 0 aliphatic heterocycles. The fourth-order valence-electron chi connectivity index (χ4n) is 1.16. The van der Waals surface area contributed by atoms with E-state index in [2.05, 4.69) is 5.92 Å². The topological polar surface area (TPSA) is 46.3 Å². The second-order valence-electron chi connectivity index (χ2n) is 3.47. The highest BCUT2D eigenvalue weighted by Gasteiger charge is 2.23. The Labute approximate surface area is 86.6 Å². The molecule has 3 heteroatoms. The van der Waals surface area contributed by atoms with Crippen molar-refractivity contribution in [1.29, 1.82) is 0 Å². The number of nitrogens with zero attached hydrogens (tertiary/aromatic N) is 1. The third-order valence-corrected chi connectivity index (χ3v) is 2.52. The van der Waals surface area contributed by atoms with Crippen molar-refractivity contribution in [2.45, 2.75) is 33.2 Å². The van der Waals surface area contributed by atoms with Gasteiger partial charge in [0.05, 0.1) is 12.6 Å². The molecule has 2 atom stereocenters. The van der Waals surface area contributed by atoms with Crippen molar-refractivity contribution in [3.8, 4) is 12.3 Å². The monoisotopic (exact) mass is 196 g/mol. The second kappa shape index (κ2) is 6.44. The fourth-order valence-corrected chi connectivity index (χ4v) is 1.16. The molecule has 80 valence electrons. The van der Waals surface area contributed by atoms with Crippen molar-refractivity contribution >= 4 is 5.91 Å². The van der Waals surface area contributed by atoms with Gasteiger partial charge >= 0.3 is 0 Å². The molecule has 0 spiro atoms. The van der Waals surface area contributed by atoms with Gasteiger partial charge in [-0.25, -0.2) is 0 Å². The van der Waals surface area contributed by atoms with E-state index < -0.39 is 6.04 Å². The number of carbonyl (C=O) groups excluding carboxylic acids is 1. The molecule has 0 aliphatic carbocycles. The minimum absolute atomic E-state index is 0.0419. The second-order valence-corrected chi connectivity index (χ2v) is 3.47. The summed E-state index contributed by atoms with van der Waals surface area (Å²) < 4.78 is 0. The Morgan fingerprint density at radius 2 is 2.14 bits per heavy atom. The maximum atomic E-state index is 11.8.